The average Bonchev–Trinajstić information content (AvgIpc) is 2.14. The van der Waals surface area contributed by atoms with Crippen molar-refractivity contribution in [3.8, 4) is 0 Å². The monoisotopic (exact) mass is 209 g/mol. The second-order valence-corrected chi connectivity index (χ2v) is 3.96. The van der Waals surface area contributed by atoms with Crippen molar-refractivity contribution in [3.63, 3.8) is 0 Å². The van der Waals surface area contributed by atoms with Crippen LogP contribution in [0.1, 0.15) is 17.4 Å². The molecule has 1 aromatic heterocycles. The molecule has 0 aromatic carbocycles. The SMILES string of the molecule is CC1(O)CN(C(=O)c2ccc(=O)[nH]n2)C1. The maximum atomic E-state index is 11.7. The lowest BCUT2D eigenvalue weighted by Crippen LogP contribution is -2.61. The Morgan fingerprint density at radius 2 is 2.27 bits per heavy atom. The normalized spacial score (nSPS) is 18.4. The molecule has 0 aliphatic carbocycles. The van der Waals surface area contributed by atoms with Gasteiger partial charge in [-0.25, -0.2) is 5.10 Å². The van der Waals surface area contributed by atoms with Gasteiger partial charge in [-0.3, -0.25) is 9.59 Å². The number of carbonyl (C=O) groups is 1. The number of hydrogen-bond acceptors (Lipinski definition) is 4. The van der Waals surface area contributed by atoms with Gasteiger partial charge >= 0.3 is 0 Å². The van der Waals surface area contributed by atoms with Gasteiger partial charge in [-0.15, -0.1) is 0 Å². The number of hydrogen-bond donors (Lipinski definition) is 2. The maximum Gasteiger partial charge on any atom is 0.274 e. The van der Waals surface area contributed by atoms with Gasteiger partial charge in [-0.2, -0.15) is 5.10 Å². The van der Waals surface area contributed by atoms with Gasteiger partial charge in [0.2, 0.25) is 0 Å². The van der Waals surface area contributed by atoms with Gasteiger partial charge in [-0.1, -0.05) is 0 Å². The van der Waals surface area contributed by atoms with Crippen LogP contribution in [0.2, 0.25) is 0 Å². The molecule has 2 heterocycles. The third-order valence-corrected chi connectivity index (χ3v) is 2.25. The molecule has 1 aliphatic heterocycles. The number of nitrogens with zero attached hydrogens (tertiary/aromatic N) is 2. The van der Waals surface area contributed by atoms with Crippen LogP contribution in [0.3, 0.4) is 0 Å². The number of aromatic amines is 1. The highest BCUT2D eigenvalue weighted by Crippen LogP contribution is 2.20. The lowest BCUT2D eigenvalue weighted by Gasteiger charge is -2.43. The lowest BCUT2D eigenvalue weighted by atomic mass is 9.96. The van der Waals surface area contributed by atoms with Crippen LogP contribution >= 0.6 is 0 Å². The van der Waals surface area contributed by atoms with Crippen molar-refractivity contribution in [2.75, 3.05) is 13.1 Å². The highest BCUT2D eigenvalue weighted by Gasteiger charge is 2.40. The molecule has 1 aliphatic rings. The first kappa shape index (κ1) is 9.85. The number of nitrogens with one attached hydrogen (secondary N) is 1. The summed E-state index contributed by atoms with van der Waals surface area (Å²) in [6.07, 6.45) is 0. The Hall–Kier alpha value is -1.69. The topological polar surface area (TPSA) is 86.3 Å². The molecule has 2 N–H and O–H groups in total. The zero-order chi connectivity index (χ0) is 11.1. The van der Waals surface area contributed by atoms with Crippen molar-refractivity contribution in [3.05, 3.63) is 28.2 Å². The first-order valence-corrected chi connectivity index (χ1v) is 4.55. The van der Waals surface area contributed by atoms with E-state index in [2.05, 4.69) is 10.2 Å². The Balaban J connectivity index is 2.10. The van der Waals surface area contributed by atoms with E-state index in [4.69, 9.17) is 0 Å². The van der Waals surface area contributed by atoms with Gasteiger partial charge in [0, 0.05) is 6.07 Å². The molecular formula is C9H11N3O3. The predicted molar refractivity (Wildman–Crippen MR) is 51.4 cm³/mol. The molecule has 0 saturated carbocycles. The van der Waals surface area contributed by atoms with E-state index in [-0.39, 0.29) is 17.2 Å². The quantitative estimate of drug-likeness (QED) is 0.619. The number of H-pyrrole nitrogens is 1. The van der Waals surface area contributed by atoms with E-state index in [1.54, 1.807) is 6.92 Å². The third-order valence-electron chi connectivity index (χ3n) is 2.25. The van der Waals surface area contributed by atoms with E-state index in [0.717, 1.165) is 0 Å². The van der Waals surface area contributed by atoms with Gasteiger partial charge < -0.3 is 10.0 Å². The van der Waals surface area contributed by atoms with E-state index in [1.807, 2.05) is 0 Å². The standard InChI is InChI=1S/C9H11N3O3/c1-9(15)4-12(5-9)8(14)6-2-3-7(13)11-10-6/h2-3,15H,4-5H2,1H3,(H,11,13). The van der Waals surface area contributed by atoms with Crippen LogP contribution in [0.5, 0.6) is 0 Å². The van der Waals surface area contributed by atoms with Gasteiger partial charge in [0.25, 0.3) is 11.5 Å². The van der Waals surface area contributed by atoms with Crippen LogP contribution < -0.4 is 5.56 Å². The maximum absolute atomic E-state index is 11.7. The van der Waals surface area contributed by atoms with Crippen LogP contribution in [-0.2, 0) is 0 Å². The zero-order valence-corrected chi connectivity index (χ0v) is 8.23. The van der Waals surface area contributed by atoms with Crippen molar-refractivity contribution < 1.29 is 9.90 Å². The summed E-state index contributed by atoms with van der Waals surface area (Å²) in [5.74, 6) is -0.280. The number of amides is 1. The molecule has 0 atom stereocenters. The molecule has 2 rings (SSSR count). The minimum atomic E-state index is -0.794. The summed E-state index contributed by atoms with van der Waals surface area (Å²) in [5, 5.41) is 15.3. The van der Waals surface area contributed by atoms with Crippen LogP contribution in [0.15, 0.2) is 16.9 Å². The van der Waals surface area contributed by atoms with Gasteiger partial charge in [0.05, 0.1) is 18.7 Å². The van der Waals surface area contributed by atoms with Gasteiger partial charge in [-0.05, 0) is 13.0 Å². The molecule has 0 unspecified atom stereocenters. The molecule has 1 amide bonds. The van der Waals surface area contributed by atoms with E-state index in [9.17, 15) is 14.7 Å². The fourth-order valence-corrected chi connectivity index (χ4v) is 1.55. The number of aromatic nitrogens is 2. The van der Waals surface area contributed by atoms with E-state index < -0.39 is 5.60 Å². The fraction of sp³-hybridized carbons (Fsp3) is 0.444. The minimum absolute atomic E-state index is 0.185. The number of β-amino-alcohol motifs (C(OH)–C–C–N with tert-alkyl or cyclic N) is 1. The summed E-state index contributed by atoms with van der Waals surface area (Å²) in [5.41, 5.74) is -0.954. The average molecular weight is 209 g/mol. The van der Waals surface area contributed by atoms with Crippen molar-refractivity contribution in [1.29, 1.82) is 0 Å². The van der Waals surface area contributed by atoms with Crippen molar-refractivity contribution in [2.45, 2.75) is 12.5 Å². The summed E-state index contributed by atoms with van der Waals surface area (Å²) >= 11 is 0. The van der Waals surface area contributed by atoms with E-state index in [0.29, 0.717) is 13.1 Å². The molecule has 1 saturated heterocycles. The molecule has 1 aromatic rings. The van der Waals surface area contributed by atoms with Gasteiger partial charge in [0.1, 0.15) is 5.69 Å². The van der Waals surface area contributed by atoms with Crippen LogP contribution in [-0.4, -0.2) is 44.8 Å². The van der Waals surface area contributed by atoms with Crippen molar-refractivity contribution >= 4 is 5.91 Å². The molecule has 15 heavy (non-hydrogen) atoms. The smallest absolute Gasteiger partial charge is 0.274 e. The van der Waals surface area contributed by atoms with Crippen LogP contribution in [0.25, 0.3) is 0 Å². The number of aliphatic hydroxyl groups is 1. The Kier molecular flexibility index (Phi) is 2.08. The Morgan fingerprint density at radius 3 is 2.73 bits per heavy atom. The van der Waals surface area contributed by atoms with Crippen LogP contribution in [0.4, 0.5) is 0 Å². The second-order valence-electron chi connectivity index (χ2n) is 3.96. The highest BCUT2D eigenvalue weighted by atomic mass is 16.3. The van der Waals surface area contributed by atoms with E-state index >= 15 is 0 Å². The summed E-state index contributed by atoms with van der Waals surface area (Å²) in [6, 6.07) is 2.62. The molecule has 80 valence electrons. The molecule has 6 nitrogen and oxygen atoms in total. The summed E-state index contributed by atoms with van der Waals surface area (Å²) < 4.78 is 0. The Labute approximate surface area is 85.5 Å². The third kappa shape index (κ3) is 1.89. The molecule has 0 spiro atoms. The summed E-state index contributed by atoms with van der Waals surface area (Å²) in [6.45, 7) is 2.26. The van der Waals surface area contributed by atoms with Crippen molar-refractivity contribution in [2.24, 2.45) is 0 Å². The Bertz CT molecular complexity index is 424. The lowest BCUT2D eigenvalue weighted by molar-refractivity contribution is -0.0671. The molecule has 1 fully saturated rings. The highest BCUT2D eigenvalue weighted by molar-refractivity contribution is 5.92. The number of carbonyl (C=O) groups excluding carboxylic acids is 1. The predicted octanol–water partition coefficient (Wildman–Crippen LogP) is -1.02. The second kappa shape index (κ2) is 3.16. The van der Waals surface area contributed by atoms with Crippen molar-refractivity contribution in [1.82, 2.24) is 15.1 Å². The zero-order valence-electron chi connectivity index (χ0n) is 8.23. The molecule has 0 radical (unpaired) electrons. The largest absolute Gasteiger partial charge is 0.386 e. The summed E-state index contributed by atoms with van der Waals surface area (Å²) in [4.78, 5) is 23.8. The molecular weight excluding hydrogens is 198 g/mol. The number of likely N-dealkylation sites (tertiary alicyclic amines) is 1. The molecule has 0 bridgehead atoms. The first-order chi connectivity index (χ1) is 6.98. The fourth-order valence-electron chi connectivity index (χ4n) is 1.55. The number of rotatable bonds is 1. The van der Waals surface area contributed by atoms with Gasteiger partial charge in [0.15, 0.2) is 0 Å². The molecule has 6 heteroatoms. The van der Waals surface area contributed by atoms with Crippen LogP contribution in [0, 0.1) is 0 Å². The first-order valence-electron chi connectivity index (χ1n) is 4.55. The summed E-state index contributed by atoms with van der Waals surface area (Å²) in [7, 11) is 0. The Morgan fingerprint density at radius 1 is 1.60 bits per heavy atom. The van der Waals surface area contributed by atoms with E-state index in [1.165, 1.54) is 17.0 Å². The minimum Gasteiger partial charge on any atom is -0.386 e.